The number of anilines is 1. The molecule has 160 valence electrons. The van der Waals surface area contributed by atoms with E-state index in [0.717, 1.165) is 38.1 Å². The highest BCUT2D eigenvalue weighted by Gasteiger charge is 2.24. The minimum Gasteiger partial charge on any atom is -0.497 e. The average Bonchev–Trinajstić information content (AvgIpc) is 3.18. The first-order valence-electron chi connectivity index (χ1n) is 10.7. The van der Waals surface area contributed by atoms with E-state index in [4.69, 9.17) is 9.72 Å². The number of benzene rings is 1. The van der Waals surface area contributed by atoms with Crippen molar-refractivity contribution >= 4 is 17.0 Å². The summed E-state index contributed by atoms with van der Waals surface area (Å²) in [5.41, 5.74) is 1.66. The second kappa shape index (κ2) is 8.13. The van der Waals surface area contributed by atoms with Crippen LogP contribution in [0.25, 0.3) is 11.0 Å². The molecule has 1 aromatic carbocycles. The van der Waals surface area contributed by atoms with Gasteiger partial charge in [-0.15, -0.1) is 0 Å². The van der Waals surface area contributed by atoms with Crippen molar-refractivity contribution in [1.82, 2.24) is 19.7 Å². The van der Waals surface area contributed by atoms with E-state index in [9.17, 15) is 4.79 Å². The number of nitrogens with one attached hydrogen (secondary N) is 1. The van der Waals surface area contributed by atoms with Crippen LogP contribution in [0.15, 0.2) is 35.3 Å². The zero-order valence-corrected chi connectivity index (χ0v) is 18.3. The molecule has 0 radical (unpaired) electrons. The largest absolute Gasteiger partial charge is 0.497 e. The number of nitrogens with zero attached hydrogens (tertiary/aromatic N) is 4. The molecule has 7 nitrogen and oxygen atoms in total. The van der Waals surface area contributed by atoms with Gasteiger partial charge in [-0.2, -0.15) is 10.1 Å². The van der Waals surface area contributed by atoms with E-state index in [1.54, 1.807) is 13.3 Å². The summed E-state index contributed by atoms with van der Waals surface area (Å²) < 4.78 is 7.07. The van der Waals surface area contributed by atoms with Crippen molar-refractivity contribution in [2.24, 2.45) is 5.92 Å². The summed E-state index contributed by atoms with van der Waals surface area (Å²) in [4.78, 5) is 22.5. The Morgan fingerprint density at radius 3 is 2.50 bits per heavy atom. The number of methoxy groups -OCH3 is 1. The van der Waals surface area contributed by atoms with Gasteiger partial charge in [0.15, 0.2) is 5.65 Å². The maximum absolute atomic E-state index is 12.6. The first-order chi connectivity index (χ1) is 14.3. The molecule has 3 heterocycles. The van der Waals surface area contributed by atoms with Crippen LogP contribution in [0.3, 0.4) is 0 Å². The number of ether oxygens (including phenoxy) is 1. The van der Waals surface area contributed by atoms with Gasteiger partial charge in [-0.1, -0.05) is 12.1 Å². The zero-order valence-electron chi connectivity index (χ0n) is 18.3. The Labute approximate surface area is 177 Å². The van der Waals surface area contributed by atoms with Gasteiger partial charge < -0.3 is 9.64 Å². The molecule has 30 heavy (non-hydrogen) atoms. The number of hydrogen-bond acceptors (Lipinski definition) is 5. The predicted octanol–water partition coefficient (Wildman–Crippen LogP) is 3.73. The van der Waals surface area contributed by atoms with Crippen LogP contribution in [-0.2, 0) is 12.0 Å². The molecule has 1 saturated heterocycles. The molecule has 1 fully saturated rings. The minimum absolute atomic E-state index is 0.118. The average molecular weight is 410 g/mol. The lowest BCUT2D eigenvalue weighted by atomic mass is 9.90. The first kappa shape index (κ1) is 20.4. The summed E-state index contributed by atoms with van der Waals surface area (Å²) in [7, 11) is 1.69. The molecule has 0 unspecified atom stereocenters. The normalized spacial score (nSPS) is 15.7. The highest BCUT2D eigenvalue weighted by molar-refractivity contribution is 5.74. The number of aromatic amines is 1. The summed E-state index contributed by atoms with van der Waals surface area (Å²) >= 11 is 0. The molecule has 1 aliphatic heterocycles. The number of H-pyrrole nitrogens is 1. The Balaban J connectivity index is 1.41. The lowest BCUT2D eigenvalue weighted by Gasteiger charge is -2.32. The molecular weight excluding hydrogens is 378 g/mol. The van der Waals surface area contributed by atoms with Crippen LogP contribution in [-0.4, -0.2) is 39.9 Å². The fraction of sp³-hybridized carbons (Fsp3) is 0.522. The molecule has 0 bridgehead atoms. The minimum atomic E-state index is -0.228. The molecule has 0 atom stereocenters. The Bertz CT molecular complexity index is 1050. The van der Waals surface area contributed by atoms with Gasteiger partial charge in [0.05, 0.1) is 18.8 Å². The fourth-order valence-corrected chi connectivity index (χ4v) is 4.14. The van der Waals surface area contributed by atoms with Gasteiger partial charge in [0.25, 0.3) is 5.56 Å². The number of piperidine rings is 1. The van der Waals surface area contributed by atoms with E-state index < -0.39 is 0 Å². The van der Waals surface area contributed by atoms with E-state index in [1.165, 1.54) is 12.0 Å². The molecule has 0 amide bonds. The standard InChI is InChI=1S/C23H31N5O2/c1-23(2,3)28-20-19(15-24-28)21(29)26-22(25-20)27-13-11-17(12-14-27)6-5-16-7-9-18(30-4)10-8-16/h7-10,15,17H,5-6,11-14H2,1-4H3,(H,25,26,29). The molecule has 2 aromatic heterocycles. The van der Waals surface area contributed by atoms with Crippen molar-refractivity contribution in [3.8, 4) is 5.75 Å². The Morgan fingerprint density at radius 1 is 1.17 bits per heavy atom. The Kier molecular flexibility index (Phi) is 5.54. The van der Waals surface area contributed by atoms with Gasteiger partial charge in [-0.25, -0.2) is 4.68 Å². The lowest BCUT2D eigenvalue weighted by molar-refractivity contribution is 0.365. The number of hydrogen-bond donors (Lipinski definition) is 1. The number of fused-ring (bicyclic) bond motifs is 1. The van der Waals surface area contributed by atoms with Crippen molar-refractivity contribution in [3.63, 3.8) is 0 Å². The van der Waals surface area contributed by atoms with Crippen molar-refractivity contribution in [1.29, 1.82) is 0 Å². The van der Waals surface area contributed by atoms with Crippen LogP contribution in [0.1, 0.15) is 45.6 Å². The third kappa shape index (κ3) is 4.20. The summed E-state index contributed by atoms with van der Waals surface area (Å²) in [6, 6.07) is 8.35. The second-order valence-electron chi connectivity index (χ2n) is 9.17. The maximum atomic E-state index is 12.6. The molecule has 0 saturated carbocycles. The van der Waals surface area contributed by atoms with Crippen LogP contribution >= 0.6 is 0 Å². The SMILES string of the molecule is COc1ccc(CCC2CCN(c3nc4c(cnn4C(C)(C)C)c(=O)[nH]3)CC2)cc1. The van der Waals surface area contributed by atoms with Gasteiger partial charge in [-0.05, 0) is 70.1 Å². The predicted molar refractivity (Wildman–Crippen MR) is 119 cm³/mol. The highest BCUT2D eigenvalue weighted by Crippen LogP contribution is 2.26. The number of aromatic nitrogens is 4. The van der Waals surface area contributed by atoms with Gasteiger partial charge >= 0.3 is 0 Å². The van der Waals surface area contributed by atoms with Crippen molar-refractivity contribution < 1.29 is 4.74 Å². The van der Waals surface area contributed by atoms with Crippen LogP contribution in [0.5, 0.6) is 5.75 Å². The molecule has 4 rings (SSSR count). The Hall–Kier alpha value is -2.83. The first-order valence-corrected chi connectivity index (χ1v) is 10.7. The maximum Gasteiger partial charge on any atom is 0.263 e. The van der Waals surface area contributed by atoms with Crippen LogP contribution in [0.4, 0.5) is 5.95 Å². The van der Waals surface area contributed by atoms with Gasteiger partial charge in [0, 0.05) is 13.1 Å². The molecule has 7 heteroatoms. The highest BCUT2D eigenvalue weighted by atomic mass is 16.5. The number of aryl methyl sites for hydroxylation is 1. The monoisotopic (exact) mass is 409 g/mol. The summed E-state index contributed by atoms with van der Waals surface area (Å²) in [5, 5.41) is 4.94. The summed E-state index contributed by atoms with van der Waals surface area (Å²) in [5.74, 6) is 2.25. The van der Waals surface area contributed by atoms with Crippen LogP contribution in [0.2, 0.25) is 0 Å². The third-order valence-electron chi connectivity index (χ3n) is 5.98. The van der Waals surface area contributed by atoms with Gasteiger partial charge in [-0.3, -0.25) is 9.78 Å². The summed E-state index contributed by atoms with van der Waals surface area (Å²) in [6.07, 6.45) is 6.09. The van der Waals surface area contributed by atoms with Crippen molar-refractivity contribution in [3.05, 3.63) is 46.4 Å². The molecule has 1 aliphatic rings. The van der Waals surface area contributed by atoms with Crippen molar-refractivity contribution in [2.75, 3.05) is 25.1 Å². The van der Waals surface area contributed by atoms with E-state index >= 15 is 0 Å². The number of rotatable bonds is 5. The van der Waals surface area contributed by atoms with Crippen LogP contribution < -0.4 is 15.2 Å². The molecule has 3 aromatic rings. The van der Waals surface area contributed by atoms with E-state index in [1.807, 2.05) is 16.8 Å². The topological polar surface area (TPSA) is 76.0 Å². The van der Waals surface area contributed by atoms with Crippen molar-refractivity contribution in [2.45, 2.75) is 52.0 Å². The Morgan fingerprint density at radius 2 is 1.87 bits per heavy atom. The van der Waals surface area contributed by atoms with Crippen LogP contribution in [0, 0.1) is 5.92 Å². The van der Waals surface area contributed by atoms with E-state index in [2.05, 4.69) is 47.9 Å². The van der Waals surface area contributed by atoms with E-state index in [0.29, 0.717) is 22.9 Å². The summed E-state index contributed by atoms with van der Waals surface area (Å²) in [6.45, 7) is 8.01. The molecular formula is C23H31N5O2. The third-order valence-corrected chi connectivity index (χ3v) is 5.98. The molecule has 0 spiro atoms. The molecule has 1 N–H and O–H groups in total. The quantitative estimate of drug-likeness (QED) is 0.695. The zero-order chi connectivity index (χ0) is 21.3. The smallest absolute Gasteiger partial charge is 0.263 e. The second-order valence-corrected chi connectivity index (χ2v) is 9.17. The molecule has 0 aliphatic carbocycles. The van der Waals surface area contributed by atoms with Gasteiger partial charge in [0.2, 0.25) is 5.95 Å². The van der Waals surface area contributed by atoms with Gasteiger partial charge in [0.1, 0.15) is 11.1 Å². The fourth-order valence-electron chi connectivity index (χ4n) is 4.14. The lowest BCUT2D eigenvalue weighted by Crippen LogP contribution is -2.36. The van der Waals surface area contributed by atoms with E-state index in [-0.39, 0.29) is 11.1 Å².